The SMILES string of the molecule is CC(C)NC(=O)[C@@H](C)N(Cc1ccc(F)cc1)C(=O)CSc1ccc(Cl)cc1. The Hall–Kier alpha value is -2.05. The molecule has 150 valence electrons. The van der Waals surface area contributed by atoms with Gasteiger partial charge in [-0.05, 0) is 62.7 Å². The molecule has 0 aliphatic rings. The molecule has 2 rings (SSSR count). The number of hydrogen-bond donors (Lipinski definition) is 1. The molecule has 0 aliphatic carbocycles. The minimum Gasteiger partial charge on any atom is -0.352 e. The van der Waals surface area contributed by atoms with Crippen molar-refractivity contribution in [3.05, 3.63) is 64.9 Å². The van der Waals surface area contributed by atoms with E-state index in [9.17, 15) is 14.0 Å². The first-order chi connectivity index (χ1) is 13.3. The Kier molecular flexibility index (Phi) is 8.33. The number of carbonyl (C=O) groups excluding carboxylic acids is 2. The predicted octanol–water partition coefficient (Wildman–Crippen LogP) is 4.51. The molecule has 7 heteroatoms. The van der Waals surface area contributed by atoms with Gasteiger partial charge in [0.05, 0.1) is 5.75 Å². The van der Waals surface area contributed by atoms with Crippen LogP contribution in [0.15, 0.2) is 53.4 Å². The second kappa shape index (κ2) is 10.5. The van der Waals surface area contributed by atoms with Crippen LogP contribution in [-0.2, 0) is 16.1 Å². The van der Waals surface area contributed by atoms with E-state index in [4.69, 9.17) is 11.6 Å². The smallest absolute Gasteiger partial charge is 0.242 e. The Morgan fingerprint density at radius 2 is 1.68 bits per heavy atom. The van der Waals surface area contributed by atoms with Gasteiger partial charge in [-0.15, -0.1) is 11.8 Å². The first-order valence-corrected chi connectivity index (χ1v) is 10.3. The van der Waals surface area contributed by atoms with Crippen LogP contribution in [0.3, 0.4) is 0 Å². The number of amides is 2. The van der Waals surface area contributed by atoms with Crippen LogP contribution in [-0.4, -0.2) is 34.6 Å². The Morgan fingerprint density at radius 1 is 1.07 bits per heavy atom. The minimum atomic E-state index is -0.647. The number of rotatable bonds is 8. The van der Waals surface area contributed by atoms with Crippen LogP contribution in [0.4, 0.5) is 4.39 Å². The van der Waals surface area contributed by atoms with E-state index in [2.05, 4.69) is 5.32 Å². The maximum Gasteiger partial charge on any atom is 0.242 e. The van der Waals surface area contributed by atoms with Gasteiger partial charge < -0.3 is 10.2 Å². The third kappa shape index (κ3) is 6.84. The highest BCUT2D eigenvalue weighted by Gasteiger charge is 2.26. The fourth-order valence-electron chi connectivity index (χ4n) is 2.53. The molecule has 4 nitrogen and oxygen atoms in total. The molecule has 0 saturated heterocycles. The van der Waals surface area contributed by atoms with Crippen molar-refractivity contribution in [2.75, 3.05) is 5.75 Å². The molecule has 2 aromatic carbocycles. The molecular formula is C21H24ClFN2O2S. The van der Waals surface area contributed by atoms with E-state index >= 15 is 0 Å². The Bertz CT molecular complexity index is 797. The first-order valence-electron chi connectivity index (χ1n) is 8.99. The van der Waals surface area contributed by atoms with Crippen molar-refractivity contribution in [3.63, 3.8) is 0 Å². The molecule has 2 amide bonds. The topological polar surface area (TPSA) is 49.4 Å². The average Bonchev–Trinajstić information content (AvgIpc) is 2.65. The van der Waals surface area contributed by atoms with Gasteiger partial charge >= 0.3 is 0 Å². The van der Waals surface area contributed by atoms with Gasteiger partial charge in [-0.1, -0.05) is 23.7 Å². The van der Waals surface area contributed by atoms with Crippen molar-refractivity contribution >= 4 is 35.2 Å². The molecule has 1 N–H and O–H groups in total. The normalized spacial score (nSPS) is 11.9. The van der Waals surface area contributed by atoms with Crippen molar-refractivity contribution in [2.45, 2.75) is 44.3 Å². The lowest BCUT2D eigenvalue weighted by Gasteiger charge is -2.29. The van der Waals surface area contributed by atoms with Gasteiger partial charge in [0, 0.05) is 22.5 Å². The molecule has 0 bridgehead atoms. The average molecular weight is 423 g/mol. The molecule has 0 aliphatic heterocycles. The molecule has 0 radical (unpaired) electrons. The first kappa shape index (κ1) is 22.2. The van der Waals surface area contributed by atoms with Crippen molar-refractivity contribution in [2.24, 2.45) is 0 Å². The largest absolute Gasteiger partial charge is 0.352 e. The van der Waals surface area contributed by atoms with Gasteiger partial charge in [0.2, 0.25) is 11.8 Å². The van der Waals surface area contributed by atoms with Gasteiger partial charge in [-0.25, -0.2) is 4.39 Å². The molecule has 2 aromatic rings. The van der Waals surface area contributed by atoms with E-state index in [-0.39, 0.29) is 36.0 Å². The van der Waals surface area contributed by atoms with E-state index in [1.165, 1.54) is 28.8 Å². The summed E-state index contributed by atoms with van der Waals surface area (Å²) in [5.41, 5.74) is 0.760. The third-order valence-corrected chi connectivity index (χ3v) is 5.29. The number of halogens is 2. The zero-order chi connectivity index (χ0) is 20.7. The lowest BCUT2D eigenvalue weighted by molar-refractivity contribution is -0.138. The molecule has 0 fully saturated rings. The monoisotopic (exact) mass is 422 g/mol. The Balaban J connectivity index is 2.12. The van der Waals surface area contributed by atoms with E-state index in [1.807, 2.05) is 26.0 Å². The summed E-state index contributed by atoms with van der Waals surface area (Å²) >= 11 is 7.27. The summed E-state index contributed by atoms with van der Waals surface area (Å²) < 4.78 is 13.2. The maximum absolute atomic E-state index is 13.2. The highest BCUT2D eigenvalue weighted by Crippen LogP contribution is 2.22. The molecule has 28 heavy (non-hydrogen) atoms. The van der Waals surface area contributed by atoms with Crippen molar-refractivity contribution < 1.29 is 14.0 Å². The van der Waals surface area contributed by atoms with Crippen molar-refractivity contribution in [3.8, 4) is 0 Å². The van der Waals surface area contributed by atoms with E-state index in [1.54, 1.807) is 31.2 Å². The Morgan fingerprint density at radius 3 is 2.25 bits per heavy atom. The van der Waals surface area contributed by atoms with Crippen LogP contribution in [0.1, 0.15) is 26.3 Å². The zero-order valence-electron chi connectivity index (χ0n) is 16.1. The standard InChI is InChI=1S/C21H24ClFN2O2S/c1-14(2)24-21(27)15(3)25(12-16-4-8-18(23)9-5-16)20(26)13-28-19-10-6-17(22)7-11-19/h4-11,14-15H,12-13H2,1-3H3,(H,24,27)/t15-/m1/s1. The van der Waals surface area contributed by atoms with Gasteiger partial charge in [-0.3, -0.25) is 9.59 Å². The van der Waals surface area contributed by atoms with Crippen LogP contribution in [0, 0.1) is 5.82 Å². The fraction of sp³-hybridized carbons (Fsp3) is 0.333. The van der Waals surface area contributed by atoms with Crippen LogP contribution in [0.5, 0.6) is 0 Å². The van der Waals surface area contributed by atoms with Crippen LogP contribution in [0.2, 0.25) is 5.02 Å². The number of thioether (sulfide) groups is 1. The summed E-state index contributed by atoms with van der Waals surface area (Å²) in [6, 6.07) is 12.5. The highest BCUT2D eigenvalue weighted by molar-refractivity contribution is 8.00. The molecular weight excluding hydrogens is 399 g/mol. The maximum atomic E-state index is 13.2. The molecule has 1 atom stereocenters. The van der Waals surface area contributed by atoms with Crippen LogP contribution >= 0.6 is 23.4 Å². The van der Waals surface area contributed by atoms with Crippen molar-refractivity contribution in [1.29, 1.82) is 0 Å². The lowest BCUT2D eigenvalue weighted by Crippen LogP contribution is -2.49. The van der Waals surface area contributed by atoms with Crippen molar-refractivity contribution in [1.82, 2.24) is 10.2 Å². The summed E-state index contributed by atoms with van der Waals surface area (Å²) in [7, 11) is 0. The molecule has 0 unspecified atom stereocenters. The second-order valence-electron chi connectivity index (χ2n) is 6.73. The highest BCUT2D eigenvalue weighted by atomic mass is 35.5. The summed E-state index contributed by atoms with van der Waals surface area (Å²) in [5, 5.41) is 3.47. The number of nitrogens with one attached hydrogen (secondary N) is 1. The predicted molar refractivity (Wildman–Crippen MR) is 112 cm³/mol. The van der Waals surface area contributed by atoms with Gasteiger partial charge in [0.15, 0.2) is 0 Å². The second-order valence-corrected chi connectivity index (χ2v) is 8.22. The van der Waals surface area contributed by atoms with E-state index in [0.717, 1.165) is 10.5 Å². The molecule has 0 saturated carbocycles. The summed E-state index contributed by atoms with van der Waals surface area (Å²) in [5.74, 6) is -0.551. The number of nitrogens with zero attached hydrogens (tertiary/aromatic N) is 1. The summed E-state index contributed by atoms with van der Waals surface area (Å²) in [6.07, 6.45) is 0. The van der Waals surface area contributed by atoms with E-state index < -0.39 is 6.04 Å². The van der Waals surface area contributed by atoms with Gasteiger partial charge in [-0.2, -0.15) is 0 Å². The Labute approximate surface area is 174 Å². The number of carbonyl (C=O) groups is 2. The fourth-order valence-corrected chi connectivity index (χ4v) is 3.44. The lowest BCUT2D eigenvalue weighted by atomic mass is 10.1. The molecule has 0 aromatic heterocycles. The van der Waals surface area contributed by atoms with Gasteiger partial charge in [0.25, 0.3) is 0 Å². The zero-order valence-corrected chi connectivity index (χ0v) is 17.7. The minimum absolute atomic E-state index is 0.0267. The van der Waals surface area contributed by atoms with E-state index in [0.29, 0.717) is 5.02 Å². The molecule has 0 heterocycles. The molecule has 0 spiro atoms. The number of hydrogen-bond acceptors (Lipinski definition) is 3. The summed E-state index contributed by atoms with van der Waals surface area (Å²) in [4.78, 5) is 27.8. The van der Waals surface area contributed by atoms with Crippen LogP contribution in [0.25, 0.3) is 0 Å². The van der Waals surface area contributed by atoms with Crippen LogP contribution < -0.4 is 5.32 Å². The quantitative estimate of drug-likeness (QED) is 0.636. The summed E-state index contributed by atoms with van der Waals surface area (Å²) in [6.45, 7) is 5.67. The number of benzene rings is 2. The third-order valence-electron chi connectivity index (χ3n) is 4.04. The van der Waals surface area contributed by atoms with Gasteiger partial charge in [0.1, 0.15) is 11.9 Å².